The van der Waals surface area contributed by atoms with Gasteiger partial charge in [0, 0.05) is 31.5 Å². The zero-order chi connectivity index (χ0) is 23.6. The van der Waals surface area contributed by atoms with Gasteiger partial charge >= 0.3 is 0 Å². The number of benzene rings is 2. The highest BCUT2D eigenvalue weighted by atomic mass is 16.5. The number of amides is 1. The van der Waals surface area contributed by atoms with E-state index in [0.29, 0.717) is 73.3 Å². The van der Waals surface area contributed by atoms with Crippen LogP contribution in [0.4, 0.5) is 0 Å². The van der Waals surface area contributed by atoms with E-state index in [1.54, 1.807) is 31.4 Å². The van der Waals surface area contributed by atoms with Crippen molar-refractivity contribution in [3.63, 3.8) is 0 Å². The fourth-order valence-electron chi connectivity index (χ4n) is 4.40. The van der Waals surface area contributed by atoms with Crippen molar-refractivity contribution in [2.75, 3.05) is 33.9 Å². The maximum absolute atomic E-state index is 13.0. The van der Waals surface area contributed by atoms with Crippen LogP contribution in [0.25, 0.3) is 0 Å². The van der Waals surface area contributed by atoms with E-state index >= 15 is 0 Å². The highest BCUT2D eigenvalue weighted by Gasteiger charge is 2.45. The lowest BCUT2D eigenvalue weighted by Gasteiger charge is -2.44. The molecule has 0 bridgehead atoms. The number of ether oxygens (including phenoxy) is 4. The van der Waals surface area contributed by atoms with Crippen molar-refractivity contribution in [1.82, 2.24) is 4.90 Å². The monoisotopic (exact) mass is 453 g/mol. The normalized spacial score (nSPS) is 16.9. The molecule has 2 heterocycles. The Morgan fingerprint density at radius 3 is 2.36 bits per heavy atom. The summed E-state index contributed by atoms with van der Waals surface area (Å²) in [5.41, 5.74) is 0.492. The van der Waals surface area contributed by atoms with E-state index in [4.69, 9.17) is 18.9 Å². The first-order chi connectivity index (χ1) is 15.9. The molecule has 4 rings (SSSR count). The summed E-state index contributed by atoms with van der Waals surface area (Å²) in [5, 5.41) is 0. The van der Waals surface area contributed by atoms with Crippen LogP contribution in [0.15, 0.2) is 36.4 Å². The number of fused-ring (bicyclic) bond motifs is 1. The second-order valence-electron chi connectivity index (χ2n) is 9.08. The number of likely N-dealkylation sites (tertiary alicyclic amines) is 1. The molecule has 1 spiro atoms. The van der Waals surface area contributed by atoms with E-state index in [1.807, 2.05) is 17.0 Å². The third-order valence-electron chi connectivity index (χ3n) is 6.25. The zero-order valence-corrected chi connectivity index (χ0v) is 19.7. The molecule has 7 heteroatoms. The third kappa shape index (κ3) is 4.63. The molecule has 0 unspecified atom stereocenters. The van der Waals surface area contributed by atoms with Crippen LogP contribution in [-0.4, -0.2) is 56.1 Å². The van der Waals surface area contributed by atoms with E-state index in [1.165, 1.54) is 7.11 Å². The summed E-state index contributed by atoms with van der Waals surface area (Å²) < 4.78 is 23.0. The van der Waals surface area contributed by atoms with Crippen molar-refractivity contribution in [1.29, 1.82) is 0 Å². The number of Topliss-reactive ketones (excluding diaryl/α,β-unsaturated/α-hetero) is 1. The number of rotatable bonds is 6. The van der Waals surface area contributed by atoms with Gasteiger partial charge < -0.3 is 23.8 Å². The Labute approximate surface area is 194 Å². The topological polar surface area (TPSA) is 74.3 Å². The number of piperidine rings is 1. The molecule has 2 aromatic rings. The van der Waals surface area contributed by atoms with Crippen molar-refractivity contribution in [2.45, 2.75) is 38.7 Å². The molecule has 0 saturated carbocycles. The molecule has 176 valence electrons. The van der Waals surface area contributed by atoms with Crippen LogP contribution in [0.1, 0.15) is 53.8 Å². The first-order valence-corrected chi connectivity index (χ1v) is 11.3. The van der Waals surface area contributed by atoms with E-state index in [-0.39, 0.29) is 11.7 Å². The summed E-state index contributed by atoms with van der Waals surface area (Å²) in [6, 6.07) is 10.7. The molecule has 1 fully saturated rings. The van der Waals surface area contributed by atoms with Gasteiger partial charge in [-0.1, -0.05) is 13.8 Å². The molecule has 2 aliphatic rings. The summed E-state index contributed by atoms with van der Waals surface area (Å²) in [4.78, 5) is 27.8. The van der Waals surface area contributed by atoms with Crippen LogP contribution in [0.2, 0.25) is 0 Å². The quantitative estimate of drug-likeness (QED) is 0.646. The van der Waals surface area contributed by atoms with Crippen LogP contribution in [0.3, 0.4) is 0 Å². The van der Waals surface area contributed by atoms with Crippen LogP contribution in [0, 0.1) is 5.92 Å². The average molecular weight is 454 g/mol. The summed E-state index contributed by atoms with van der Waals surface area (Å²) in [7, 11) is 3.09. The van der Waals surface area contributed by atoms with Gasteiger partial charge in [0.15, 0.2) is 17.3 Å². The van der Waals surface area contributed by atoms with Crippen molar-refractivity contribution < 1.29 is 28.5 Å². The number of methoxy groups -OCH3 is 2. The number of hydrogen-bond acceptors (Lipinski definition) is 6. The smallest absolute Gasteiger partial charge is 0.253 e. The van der Waals surface area contributed by atoms with Crippen molar-refractivity contribution in [3.05, 3.63) is 47.5 Å². The minimum Gasteiger partial charge on any atom is -0.493 e. The van der Waals surface area contributed by atoms with Crippen molar-refractivity contribution >= 4 is 11.7 Å². The number of carbonyl (C=O) groups is 2. The van der Waals surface area contributed by atoms with Crippen LogP contribution in [0.5, 0.6) is 23.0 Å². The molecule has 0 atom stereocenters. The van der Waals surface area contributed by atoms with Crippen molar-refractivity contribution in [3.8, 4) is 23.0 Å². The first-order valence-electron chi connectivity index (χ1n) is 11.3. The van der Waals surface area contributed by atoms with Gasteiger partial charge in [-0.2, -0.15) is 0 Å². The maximum atomic E-state index is 13.0. The second kappa shape index (κ2) is 9.33. The maximum Gasteiger partial charge on any atom is 0.253 e. The number of nitrogens with zero attached hydrogens (tertiary/aromatic N) is 1. The lowest BCUT2D eigenvalue weighted by atomic mass is 9.82. The Morgan fingerprint density at radius 2 is 1.76 bits per heavy atom. The Kier molecular flexibility index (Phi) is 6.49. The summed E-state index contributed by atoms with van der Waals surface area (Å²) >= 11 is 0. The summed E-state index contributed by atoms with van der Waals surface area (Å²) in [6.07, 6.45) is 1.43. The third-order valence-corrected chi connectivity index (χ3v) is 6.25. The van der Waals surface area contributed by atoms with Gasteiger partial charge in [0.1, 0.15) is 11.4 Å². The molecule has 2 aliphatic heterocycles. The SMILES string of the molecule is COc1ccc2c(c1OC)OC1(CCN(C(=O)c3ccc(OCC(C)C)cc3)CC1)CC2=O. The fraction of sp³-hybridized carbons (Fsp3) is 0.462. The predicted octanol–water partition coefficient (Wildman–Crippen LogP) is 4.38. The molecule has 1 saturated heterocycles. The van der Waals surface area contributed by atoms with Gasteiger partial charge in [0.05, 0.1) is 32.8 Å². The number of carbonyl (C=O) groups excluding carboxylic acids is 2. The molecule has 0 N–H and O–H groups in total. The van der Waals surface area contributed by atoms with Gasteiger partial charge in [0.2, 0.25) is 5.75 Å². The van der Waals surface area contributed by atoms with Crippen molar-refractivity contribution in [2.24, 2.45) is 5.92 Å². The first kappa shape index (κ1) is 23.0. The molecule has 0 aliphatic carbocycles. The fourth-order valence-corrected chi connectivity index (χ4v) is 4.40. The molecular weight excluding hydrogens is 422 g/mol. The highest BCUT2D eigenvalue weighted by molar-refractivity contribution is 6.01. The van der Waals surface area contributed by atoms with E-state index in [2.05, 4.69) is 13.8 Å². The van der Waals surface area contributed by atoms with E-state index < -0.39 is 5.60 Å². The standard InChI is InChI=1S/C26H31NO6/c1-17(2)16-32-19-7-5-18(6-8-19)25(29)27-13-11-26(12-14-27)15-21(28)20-9-10-22(30-3)24(31-4)23(20)33-26/h5-10,17H,11-16H2,1-4H3. The molecule has 0 aromatic heterocycles. The van der Waals surface area contributed by atoms with Crippen LogP contribution >= 0.6 is 0 Å². The lowest BCUT2D eigenvalue weighted by Crippen LogP contribution is -2.52. The van der Waals surface area contributed by atoms with Gasteiger partial charge in [-0.25, -0.2) is 0 Å². The summed E-state index contributed by atoms with van der Waals surface area (Å²) in [5.74, 6) is 2.58. The average Bonchev–Trinajstić information content (AvgIpc) is 2.82. The van der Waals surface area contributed by atoms with Gasteiger partial charge in [-0.05, 0) is 42.3 Å². The summed E-state index contributed by atoms with van der Waals surface area (Å²) in [6.45, 7) is 5.85. The molecule has 2 aromatic carbocycles. The van der Waals surface area contributed by atoms with Gasteiger partial charge in [0.25, 0.3) is 5.91 Å². The van der Waals surface area contributed by atoms with E-state index in [9.17, 15) is 9.59 Å². The molecular formula is C26H31NO6. The Morgan fingerprint density at radius 1 is 1.06 bits per heavy atom. The lowest BCUT2D eigenvalue weighted by molar-refractivity contribution is -0.00745. The Hall–Kier alpha value is -3.22. The van der Waals surface area contributed by atoms with Crippen LogP contribution < -0.4 is 18.9 Å². The molecule has 0 radical (unpaired) electrons. The minimum absolute atomic E-state index is 0.0222. The number of ketones is 1. The zero-order valence-electron chi connectivity index (χ0n) is 19.7. The Balaban J connectivity index is 1.44. The van der Waals surface area contributed by atoms with Crippen LogP contribution in [-0.2, 0) is 0 Å². The number of hydrogen-bond donors (Lipinski definition) is 0. The predicted molar refractivity (Wildman–Crippen MR) is 124 cm³/mol. The molecule has 33 heavy (non-hydrogen) atoms. The Bertz CT molecular complexity index is 1020. The molecule has 7 nitrogen and oxygen atoms in total. The largest absolute Gasteiger partial charge is 0.493 e. The second-order valence-corrected chi connectivity index (χ2v) is 9.08. The minimum atomic E-state index is -0.644. The van der Waals surface area contributed by atoms with Gasteiger partial charge in [-0.15, -0.1) is 0 Å². The molecule has 1 amide bonds. The highest BCUT2D eigenvalue weighted by Crippen LogP contribution is 2.47. The van der Waals surface area contributed by atoms with E-state index in [0.717, 1.165) is 5.75 Å². The van der Waals surface area contributed by atoms with Gasteiger partial charge in [-0.3, -0.25) is 9.59 Å².